The van der Waals surface area contributed by atoms with Gasteiger partial charge in [-0.05, 0) is 50.6 Å². The predicted molar refractivity (Wildman–Crippen MR) is 79.7 cm³/mol. The molecule has 0 aliphatic heterocycles. The van der Waals surface area contributed by atoms with Gasteiger partial charge in [-0.2, -0.15) is 0 Å². The van der Waals surface area contributed by atoms with E-state index in [1.165, 1.54) is 0 Å². The normalized spacial score (nSPS) is 12.7. The van der Waals surface area contributed by atoms with Gasteiger partial charge in [0, 0.05) is 10.6 Å². The summed E-state index contributed by atoms with van der Waals surface area (Å²) in [5.41, 5.74) is 1.39. The van der Waals surface area contributed by atoms with Gasteiger partial charge in [-0.15, -0.1) is 0 Å². The molecule has 0 aliphatic rings. The van der Waals surface area contributed by atoms with Gasteiger partial charge in [-0.25, -0.2) is 8.78 Å². The van der Waals surface area contributed by atoms with E-state index in [-0.39, 0.29) is 11.1 Å². The average Bonchev–Trinajstić information content (AvgIpc) is 2.75. The highest BCUT2D eigenvalue weighted by Crippen LogP contribution is 2.33. The first-order chi connectivity index (χ1) is 9.93. The Kier molecular flexibility index (Phi) is 5.01. The molecular weight excluding hydrogens is 296 g/mol. The molecule has 1 aromatic heterocycles. The SMILES string of the molecule is CCCNC(c1cc(F)c(F)cc1Cl)c1cc(C)oc1C. The molecule has 1 N–H and O–H groups in total. The lowest BCUT2D eigenvalue weighted by atomic mass is 9.98. The van der Waals surface area contributed by atoms with Crippen LogP contribution in [-0.4, -0.2) is 6.54 Å². The highest BCUT2D eigenvalue weighted by atomic mass is 35.5. The second kappa shape index (κ2) is 6.58. The van der Waals surface area contributed by atoms with Gasteiger partial charge in [0.05, 0.1) is 6.04 Å². The molecule has 0 amide bonds. The lowest BCUT2D eigenvalue weighted by Gasteiger charge is -2.20. The molecule has 1 aromatic carbocycles. The van der Waals surface area contributed by atoms with E-state index in [4.69, 9.17) is 16.0 Å². The van der Waals surface area contributed by atoms with Gasteiger partial charge in [0.25, 0.3) is 0 Å². The highest BCUT2D eigenvalue weighted by Gasteiger charge is 2.22. The zero-order valence-corrected chi connectivity index (χ0v) is 13.0. The van der Waals surface area contributed by atoms with Crippen LogP contribution < -0.4 is 5.32 Å². The van der Waals surface area contributed by atoms with E-state index in [9.17, 15) is 8.78 Å². The molecular formula is C16H18ClF2NO. The van der Waals surface area contributed by atoms with Gasteiger partial charge in [0.2, 0.25) is 0 Å². The van der Waals surface area contributed by atoms with Crippen molar-refractivity contribution in [1.82, 2.24) is 5.32 Å². The Hall–Kier alpha value is -1.39. The molecule has 2 nitrogen and oxygen atoms in total. The van der Waals surface area contributed by atoms with E-state index in [1.54, 1.807) is 0 Å². The van der Waals surface area contributed by atoms with Crippen LogP contribution in [0.4, 0.5) is 8.78 Å². The van der Waals surface area contributed by atoms with E-state index in [2.05, 4.69) is 5.32 Å². The lowest BCUT2D eigenvalue weighted by Crippen LogP contribution is -2.24. The predicted octanol–water partition coefficient (Wildman–Crippen LogP) is 4.92. The first-order valence-electron chi connectivity index (χ1n) is 6.88. The Morgan fingerprint density at radius 3 is 2.38 bits per heavy atom. The fourth-order valence-corrected chi connectivity index (χ4v) is 2.63. The minimum absolute atomic E-state index is 0.195. The Morgan fingerprint density at radius 1 is 1.14 bits per heavy atom. The van der Waals surface area contributed by atoms with Gasteiger partial charge >= 0.3 is 0 Å². The first-order valence-corrected chi connectivity index (χ1v) is 7.26. The molecule has 21 heavy (non-hydrogen) atoms. The topological polar surface area (TPSA) is 25.2 Å². The molecule has 0 aliphatic carbocycles. The van der Waals surface area contributed by atoms with Crippen molar-refractivity contribution in [3.05, 3.63) is 57.5 Å². The van der Waals surface area contributed by atoms with Crippen LogP contribution in [0.2, 0.25) is 5.02 Å². The lowest BCUT2D eigenvalue weighted by molar-refractivity contribution is 0.490. The number of hydrogen-bond donors (Lipinski definition) is 1. The Bertz CT molecular complexity index is 639. The number of furan rings is 1. The summed E-state index contributed by atoms with van der Waals surface area (Å²) in [6, 6.07) is 3.72. The van der Waals surface area contributed by atoms with Crippen molar-refractivity contribution in [1.29, 1.82) is 0 Å². The van der Waals surface area contributed by atoms with Gasteiger partial charge in [-0.3, -0.25) is 0 Å². The van der Waals surface area contributed by atoms with E-state index in [0.717, 1.165) is 42.2 Å². The Balaban J connectivity index is 2.50. The summed E-state index contributed by atoms with van der Waals surface area (Å²) >= 11 is 6.11. The molecule has 2 aromatic rings. The van der Waals surface area contributed by atoms with Crippen molar-refractivity contribution in [2.24, 2.45) is 0 Å². The van der Waals surface area contributed by atoms with Crippen LogP contribution in [0, 0.1) is 25.5 Å². The molecule has 1 atom stereocenters. The van der Waals surface area contributed by atoms with Crippen LogP contribution in [-0.2, 0) is 0 Å². The minimum atomic E-state index is -0.946. The smallest absolute Gasteiger partial charge is 0.160 e. The van der Waals surface area contributed by atoms with Crippen LogP contribution in [0.1, 0.15) is 42.0 Å². The third kappa shape index (κ3) is 3.44. The molecule has 0 spiro atoms. The molecule has 0 saturated carbocycles. The number of halogens is 3. The summed E-state index contributed by atoms with van der Waals surface area (Å²) in [4.78, 5) is 0. The van der Waals surface area contributed by atoms with Crippen LogP contribution in [0.15, 0.2) is 22.6 Å². The van der Waals surface area contributed by atoms with Crippen molar-refractivity contribution in [2.45, 2.75) is 33.2 Å². The van der Waals surface area contributed by atoms with Crippen LogP contribution in [0.25, 0.3) is 0 Å². The molecule has 0 bridgehead atoms. The molecule has 2 rings (SSSR count). The second-order valence-corrected chi connectivity index (χ2v) is 5.45. The van der Waals surface area contributed by atoms with Crippen LogP contribution >= 0.6 is 11.6 Å². The van der Waals surface area contributed by atoms with Crippen molar-refractivity contribution >= 4 is 11.6 Å². The summed E-state index contributed by atoms with van der Waals surface area (Å²) < 4.78 is 32.4. The van der Waals surface area contributed by atoms with Gasteiger partial charge in [-0.1, -0.05) is 18.5 Å². The summed E-state index contributed by atoms with van der Waals surface area (Å²) in [7, 11) is 0. The standard InChI is InChI=1S/C16H18ClF2NO/c1-4-5-20-16(11-6-9(2)21-10(11)3)12-7-14(18)15(19)8-13(12)17/h6-8,16,20H,4-5H2,1-3H3. The molecule has 0 saturated heterocycles. The maximum Gasteiger partial charge on any atom is 0.160 e. The van der Waals surface area contributed by atoms with E-state index < -0.39 is 11.6 Å². The molecule has 5 heteroatoms. The van der Waals surface area contributed by atoms with Crippen molar-refractivity contribution in [3.63, 3.8) is 0 Å². The van der Waals surface area contributed by atoms with Crippen molar-refractivity contribution in [3.8, 4) is 0 Å². The number of hydrogen-bond acceptors (Lipinski definition) is 2. The molecule has 0 radical (unpaired) electrons. The number of aryl methyl sites for hydroxylation is 2. The summed E-state index contributed by atoms with van der Waals surface area (Å²) in [6.45, 7) is 6.45. The third-order valence-electron chi connectivity index (χ3n) is 3.34. The molecule has 1 unspecified atom stereocenters. The fourth-order valence-electron chi connectivity index (χ4n) is 2.37. The zero-order chi connectivity index (χ0) is 15.6. The fraction of sp³-hybridized carbons (Fsp3) is 0.375. The van der Waals surface area contributed by atoms with Crippen molar-refractivity contribution < 1.29 is 13.2 Å². The Morgan fingerprint density at radius 2 is 1.81 bits per heavy atom. The molecule has 114 valence electrons. The van der Waals surface area contributed by atoms with E-state index in [0.29, 0.717) is 5.56 Å². The van der Waals surface area contributed by atoms with Gasteiger partial charge < -0.3 is 9.73 Å². The number of benzene rings is 1. The maximum absolute atomic E-state index is 13.6. The third-order valence-corrected chi connectivity index (χ3v) is 3.67. The zero-order valence-electron chi connectivity index (χ0n) is 12.3. The summed E-state index contributed by atoms with van der Waals surface area (Å²) in [5.74, 6) is -0.347. The van der Waals surface area contributed by atoms with Crippen LogP contribution in [0.3, 0.4) is 0 Å². The van der Waals surface area contributed by atoms with Crippen LogP contribution in [0.5, 0.6) is 0 Å². The van der Waals surface area contributed by atoms with Gasteiger partial charge in [0.15, 0.2) is 11.6 Å². The largest absolute Gasteiger partial charge is 0.466 e. The Labute approximate surface area is 128 Å². The minimum Gasteiger partial charge on any atom is -0.466 e. The quantitative estimate of drug-likeness (QED) is 0.793. The van der Waals surface area contributed by atoms with Crippen molar-refractivity contribution in [2.75, 3.05) is 6.54 Å². The second-order valence-electron chi connectivity index (χ2n) is 5.04. The first kappa shape index (κ1) is 16.0. The van der Waals surface area contributed by atoms with E-state index >= 15 is 0 Å². The highest BCUT2D eigenvalue weighted by molar-refractivity contribution is 6.31. The molecule has 0 fully saturated rings. The molecule has 1 heterocycles. The summed E-state index contributed by atoms with van der Waals surface area (Å²) in [5, 5.41) is 3.51. The van der Waals surface area contributed by atoms with E-state index in [1.807, 2.05) is 26.8 Å². The number of rotatable bonds is 5. The summed E-state index contributed by atoms with van der Waals surface area (Å²) in [6.07, 6.45) is 0.910. The van der Waals surface area contributed by atoms with Gasteiger partial charge in [0.1, 0.15) is 11.5 Å². The average molecular weight is 314 g/mol. The maximum atomic E-state index is 13.6. The number of nitrogens with one attached hydrogen (secondary N) is 1. The monoisotopic (exact) mass is 313 g/mol.